The smallest absolute Gasteiger partial charge is 0.0517 e. The summed E-state index contributed by atoms with van der Waals surface area (Å²) in [5.41, 5.74) is 1.38. The molecule has 3 rings (SSSR count). The number of nitrogens with one attached hydrogen (secondary N) is 1. The molecule has 2 aliphatic rings. The number of benzene rings is 1. The first-order valence-electron chi connectivity index (χ1n) is 5.33. The number of rotatable bonds is 0. The van der Waals surface area contributed by atoms with E-state index in [1.165, 1.54) is 16.0 Å². The van der Waals surface area contributed by atoms with E-state index < -0.39 is 0 Å². The molecular formula is C14H13N. The molecule has 74 valence electrons. The van der Waals surface area contributed by atoms with Crippen LogP contribution in [-0.2, 0) is 0 Å². The van der Waals surface area contributed by atoms with Crippen LogP contribution in [0.25, 0.3) is 11.6 Å². The van der Waals surface area contributed by atoms with Crippen molar-refractivity contribution >= 4 is 11.6 Å². The van der Waals surface area contributed by atoms with Gasteiger partial charge in [0.1, 0.15) is 0 Å². The molecule has 15 heavy (non-hydrogen) atoms. The molecule has 1 aliphatic heterocycles. The second-order valence-electron chi connectivity index (χ2n) is 3.88. The number of fused-ring (bicyclic) bond motifs is 2. The fourth-order valence-electron chi connectivity index (χ4n) is 2.21. The van der Waals surface area contributed by atoms with E-state index in [1.54, 1.807) is 0 Å². The molecule has 1 N–H and O–H groups in total. The Bertz CT molecular complexity index is 549. The first-order chi connectivity index (χ1) is 7.45. The van der Waals surface area contributed by atoms with Gasteiger partial charge in [0, 0.05) is 6.54 Å². The Morgan fingerprint density at radius 2 is 2.07 bits per heavy atom. The second-order valence-corrected chi connectivity index (χ2v) is 3.88. The van der Waals surface area contributed by atoms with Crippen molar-refractivity contribution < 1.29 is 0 Å². The number of allylic oxidation sites excluding steroid dienone is 2. The maximum absolute atomic E-state index is 3.50. The van der Waals surface area contributed by atoms with Gasteiger partial charge in [0.2, 0.25) is 0 Å². The predicted octanol–water partition coefficient (Wildman–Crippen LogP) is 0.716. The largest absolute Gasteiger partial charge is 0.303 e. The maximum atomic E-state index is 3.50. The summed E-state index contributed by atoms with van der Waals surface area (Å²) in [5, 5.41) is 6.19. The van der Waals surface area contributed by atoms with Crippen molar-refractivity contribution in [3.05, 3.63) is 59.0 Å². The van der Waals surface area contributed by atoms with Crippen LogP contribution in [-0.4, -0.2) is 12.6 Å². The van der Waals surface area contributed by atoms with E-state index >= 15 is 0 Å². The van der Waals surface area contributed by atoms with Crippen molar-refractivity contribution in [3.63, 3.8) is 0 Å². The van der Waals surface area contributed by atoms with Gasteiger partial charge in [0.15, 0.2) is 0 Å². The van der Waals surface area contributed by atoms with Crippen molar-refractivity contribution in [2.24, 2.45) is 0 Å². The molecule has 0 amide bonds. The lowest BCUT2D eigenvalue weighted by Gasteiger charge is -2.16. The van der Waals surface area contributed by atoms with Gasteiger partial charge in [0.25, 0.3) is 0 Å². The molecule has 1 heterocycles. The van der Waals surface area contributed by atoms with Crippen LogP contribution in [0.3, 0.4) is 0 Å². The lowest BCUT2D eigenvalue weighted by molar-refractivity contribution is 0.766. The molecule has 1 aromatic rings. The van der Waals surface area contributed by atoms with Gasteiger partial charge in [-0.3, -0.25) is 0 Å². The van der Waals surface area contributed by atoms with Crippen LogP contribution < -0.4 is 15.8 Å². The zero-order valence-electron chi connectivity index (χ0n) is 8.48. The van der Waals surface area contributed by atoms with Crippen LogP contribution in [0, 0.1) is 0 Å². The molecule has 1 atom stereocenters. The molecule has 0 saturated heterocycles. The van der Waals surface area contributed by atoms with Gasteiger partial charge in [-0.2, -0.15) is 0 Å². The van der Waals surface area contributed by atoms with Crippen LogP contribution in [0.5, 0.6) is 0 Å². The molecular weight excluding hydrogens is 182 g/mol. The SMILES string of the molecule is C1=CC2=c3ccccc3=CCNC2C=C1. The third-order valence-corrected chi connectivity index (χ3v) is 2.96. The molecule has 1 unspecified atom stereocenters. The third-order valence-electron chi connectivity index (χ3n) is 2.96. The maximum Gasteiger partial charge on any atom is 0.0517 e. The minimum atomic E-state index is 0.370. The highest BCUT2D eigenvalue weighted by atomic mass is 14.9. The van der Waals surface area contributed by atoms with Crippen molar-refractivity contribution in [1.82, 2.24) is 5.32 Å². The van der Waals surface area contributed by atoms with Gasteiger partial charge in [-0.1, -0.05) is 54.6 Å². The third kappa shape index (κ3) is 1.45. The molecule has 1 nitrogen and oxygen atoms in total. The molecule has 0 aromatic heterocycles. The number of hydrogen-bond donors (Lipinski definition) is 1. The van der Waals surface area contributed by atoms with E-state index in [0.717, 1.165) is 6.54 Å². The van der Waals surface area contributed by atoms with Gasteiger partial charge in [-0.25, -0.2) is 0 Å². The monoisotopic (exact) mass is 195 g/mol. The summed E-state index contributed by atoms with van der Waals surface area (Å²) in [6, 6.07) is 8.95. The van der Waals surface area contributed by atoms with Crippen LogP contribution in [0.15, 0.2) is 48.6 Å². The highest BCUT2D eigenvalue weighted by Gasteiger charge is 2.12. The van der Waals surface area contributed by atoms with Gasteiger partial charge < -0.3 is 5.32 Å². The Labute approximate surface area is 89.1 Å². The normalized spacial score (nSPS) is 22.7. The average Bonchev–Trinajstić information content (AvgIpc) is 2.48. The van der Waals surface area contributed by atoms with Crippen molar-refractivity contribution in [2.75, 3.05) is 6.54 Å². The van der Waals surface area contributed by atoms with Gasteiger partial charge in [0.05, 0.1) is 6.04 Å². The summed E-state index contributed by atoms with van der Waals surface area (Å²) >= 11 is 0. The topological polar surface area (TPSA) is 12.0 Å². The standard InChI is InChI=1S/C14H13N/c1-2-6-12-11(5-1)9-10-15-14-8-4-3-7-13(12)14/h1-9,14-15H,10H2. The Morgan fingerprint density at radius 3 is 3.07 bits per heavy atom. The summed E-state index contributed by atoms with van der Waals surface area (Å²) in [4.78, 5) is 0. The summed E-state index contributed by atoms with van der Waals surface area (Å²) in [5.74, 6) is 0. The summed E-state index contributed by atoms with van der Waals surface area (Å²) in [6.45, 7) is 0.934. The lowest BCUT2D eigenvalue weighted by Crippen LogP contribution is -2.32. The fourth-order valence-corrected chi connectivity index (χ4v) is 2.21. The quantitative estimate of drug-likeness (QED) is 0.643. The van der Waals surface area contributed by atoms with Crippen LogP contribution >= 0.6 is 0 Å². The zero-order chi connectivity index (χ0) is 10.1. The van der Waals surface area contributed by atoms with Crippen LogP contribution in [0.1, 0.15) is 0 Å². The average molecular weight is 195 g/mol. The second kappa shape index (κ2) is 3.52. The highest BCUT2D eigenvalue weighted by molar-refractivity contribution is 5.67. The highest BCUT2D eigenvalue weighted by Crippen LogP contribution is 2.11. The molecule has 0 spiro atoms. The van der Waals surface area contributed by atoms with Gasteiger partial charge >= 0.3 is 0 Å². The van der Waals surface area contributed by atoms with Gasteiger partial charge in [-0.15, -0.1) is 0 Å². The molecule has 0 fully saturated rings. The van der Waals surface area contributed by atoms with E-state index in [4.69, 9.17) is 0 Å². The zero-order valence-corrected chi connectivity index (χ0v) is 8.48. The Kier molecular flexibility index (Phi) is 2.04. The van der Waals surface area contributed by atoms with Crippen molar-refractivity contribution in [1.29, 1.82) is 0 Å². The van der Waals surface area contributed by atoms with Crippen molar-refractivity contribution in [3.8, 4) is 0 Å². The summed E-state index contributed by atoms with van der Waals surface area (Å²) in [7, 11) is 0. The van der Waals surface area contributed by atoms with E-state index in [1.807, 2.05) is 0 Å². The first-order valence-corrected chi connectivity index (χ1v) is 5.33. The lowest BCUT2D eigenvalue weighted by atomic mass is 9.99. The van der Waals surface area contributed by atoms with Gasteiger partial charge in [-0.05, 0) is 16.0 Å². The Hall–Kier alpha value is -1.60. The molecule has 1 heteroatoms. The predicted molar refractivity (Wildman–Crippen MR) is 63.6 cm³/mol. The van der Waals surface area contributed by atoms with E-state index in [-0.39, 0.29) is 0 Å². The first kappa shape index (κ1) is 8.69. The minimum absolute atomic E-state index is 0.370. The molecule has 0 saturated carbocycles. The van der Waals surface area contributed by atoms with E-state index in [0.29, 0.717) is 6.04 Å². The molecule has 1 aromatic carbocycles. The molecule has 0 radical (unpaired) electrons. The van der Waals surface area contributed by atoms with Crippen LogP contribution in [0.4, 0.5) is 0 Å². The van der Waals surface area contributed by atoms with E-state index in [2.05, 4.69) is 60.0 Å². The number of hydrogen-bond acceptors (Lipinski definition) is 1. The Morgan fingerprint density at radius 1 is 1.13 bits per heavy atom. The van der Waals surface area contributed by atoms with Crippen molar-refractivity contribution in [2.45, 2.75) is 6.04 Å². The Balaban J connectivity index is 2.38. The van der Waals surface area contributed by atoms with Crippen LogP contribution in [0.2, 0.25) is 0 Å². The molecule has 1 aliphatic carbocycles. The summed E-state index contributed by atoms with van der Waals surface area (Å²) < 4.78 is 0. The summed E-state index contributed by atoms with van der Waals surface area (Å²) in [6.07, 6.45) is 10.9. The fraction of sp³-hybridized carbons (Fsp3) is 0.143. The van der Waals surface area contributed by atoms with E-state index in [9.17, 15) is 0 Å². The minimum Gasteiger partial charge on any atom is -0.303 e. The molecule has 0 bridgehead atoms.